The number of carbonyl (C=O) groups is 2. The number of benzene rings is 1. The molecule has 126 valence electrons. The van der Waals surface area contributed by atoms with Gasteiger partial charge >= 0.3 is 0 Å². The lowest BCUT2D eigenvalue weighted by Crippen LogP contribution is -2.45. The van der Waals surface area contributed by atoms with Crippen LogP contribution < -0.4 is 20.1 Å². The van der Waals surface area contributed by atoms with Crippen molar-refractivity contribution in [2.75, 3.05) is 19.8 Å². The molecular formula is C16H21ClN2O4. The largest absolute Gasteiger partial charge is 0.486 e. The second-order valence-electron chi connectivity index (χ2n) is 5.36. The third kappa shape index (κ3) is 4.76. The SMILES string of the molecule is CCCNC(=O)[C@@H](C)NC(=O)Cc1cc(Cl)c2c(c1)OCCO2. The first-order valence-electron chi connectivity index (χ1n) is 7.66. The normalized spacial score (nSPS) is 14.0. The van der Waals surface area contributed by atoms with Crippen LogP contribution in [0.4, 0.5) is 0 Å². The molecule has 2 amide bonds. The standard InChI is InChI=1S/C16H21ClN2O4/c1-3-4-18-16(21)10(2)19-14(20)9-11-7-12(17)15-13(8-11)22-5-6-23-15/h7-8,10H,3-6,9H2,1-2H3,(H,18,21)(H,19,20)/t10-/m1/s1. The molecule has 2 N–H and O–H groups in total. The summed E-state index contributed by atoms with van der Waals surface area (Å²) in [6.45, 7) is 5.12. The van der Waals surface area contributed by atoms with Gasteiger partial charge in [-0.1, -0.05) is 18.5 Å². The van der Waals surface area contributed by atoms with E-state index in [-0.39, 0.29) is 18.2 Å². The summed E-state index contributed by atoms with van der Waals surface area (Å²) in [7, 11) is 0. The van der Waals surface area contributed by atoms with Gasteiger partial charge < -0.3 is 20.1 Å². The maximum Gasteiger partial charge on any atom is 0.242 e. The highest BCUT2D eigenvalue weighted by molar-refractivity contribution is 6.32. The van der Waals surface area contributed by atoms with Crippen LogP contribution in [0.1, 0.15) is 25.8 Å². The first-order valence-corrected chi connectivity index (χ1v) is 8.04. The molecule has 0 aliphatic carbocycles. The molecular weight excluding hydrogens is 320 g/mol. The lowest BCUT2D eigenvalue weighted by atomic mass is 10.1. The van der Waals surface area contributed by atoms with Gasteiger partial charge in [0.15, 0.2) is 11.5 Å². The van der Waals surface area contributed by atoms with Gasteiger partial charge in [-0.3, -0.25) is 9.59 Å². The van der Waals surface area contributed by atoms with E-state index >= 15 is 0 Å². The number of nitrogens with one attached hydrogen (secondary N) is 2. The average molecular weight is 341 g/mol. The molecule has 0 aromatic heterocycles. The van der Waals surface area contributed by atoms with Gasteiger partial charge in [0.25, 0.3) is 0 Å². The quantitative estimate of drug-likeness (QED) is 0.826. The maximum absolute atomic E-state index is 12.1. The van der Waals surface area contributed by atoms with E-state index < -0.39 is 6.04 Å². The molecule has 1 aromatic carbocycles. The molecule has 0 saturated carbocycles. The topological polar surface area (TPSA) is 76.7 Å². The highest BCUT2D eigenvalue weighted by Crippen LogP contribution is 2.38. The molecule has 0 radical (unpaired) electrons. The number of hydrogen-bond donors (Lipinski definition) is 2. The Hall–Kier alpha value is -1.95. The summed E-state index contributed by atoms with van der Waals surface area (Å²) >= 11 is 6.14. The Balaban J connectivity index is 1.95. The monoisotopic (exact) mass is 340 g/mol. The van der Waals surface area contributed by atoms with Crippen LogP contribution in [-0.4, -0.2) is 37.6 Å². The molecule has 2 rings (SSSR count). The van der Waals surface area contributed by atoms with Gasteiger partial charge in [0, 0.05) is 6.54 Å². The summed E-state index contributed by atoms with van der Waals surface area (Å²) in [5.41, 5.74) is 0.706. The zero-order valence-corrected chi connectivity index (χ0v) is 14.0. The highest BCUT2D eigenvalue weighted by Gasteiger charge is 2.19. The number of rotatable bonds is 6. The van der Waals surface area contributed by atoms with Gasteiger partial charge in [-0.15, -0.1) is 0 Å². The number of carbonyl (C=O) groups excluding carboxylic acids is 2. The second-order valence-corrected chi connectivity index (χ2v) is 5.77. The molecule has 7 heteroatoms. The Kier molecular flexibility index (Phi) is 6.10. The number of amides is 2. The van der Waals surface area contributed by atoms with Gasteiger partial charge in [0.2, 0.25) is 11.8 Å². The molecule has 1 atom stereocenters. The molecule has 1 aliphatic heterocycles. The van der Waals surface area contributed by atoms with Crippen molar-refractivity contribution in [3.8, 4) is 11.5 Å². The smallest absolute Gasteiger partial charge is 0.242 e. The van der Waals surface area contributed by atoms with E-state index in [1.54, 1.807) is 19.1 Å². The third-order valence-electron chi connectivity index (χ3n) is 3.34. The Morgan fingerprint density at radius 2 is 2.04 bits per heavy atom. The van der Waals surface area contributed by atoms with Crippen LogP contribution in [0.5, 0.6) is 11.5 Å². The van der Waals surface area contributed by atoms with Crippen LogP contribution in [0.25, 0.3) is 0 Å². The molecule has 0 fully saturated rings. The van der Waals surface area contributed by atoms with Crippen LogP contribution >= 0.6 is 11.6 Å². The van der Waals surface area contributed by atoms with Gasteiger partial charge in [0.1, 0.15) is 19.3 Å². The second kappa shape index (κ2) is 8.06. The van der Waals surface area contributed by atoms with E-state index in [1.807, 2.05) is 6.92 Å². The number of ether oxygens (including phenoxy) is 2. The molecule has 0 bridgehead atoms. The van der Waals surface area contributed by atoms with E-state index in [2.05, 4.69) is 10.6 Å². The minimum absolute atomic E-state index is 0.113. The highest BCUT2D eigenvalue weighted by atomic mass is 35.5. The summed E-state index contributed by atoms with van der Waals surface area (Å²) in [6.07, 6.45) is 0.962. The van der Waals surface area contributed by atoms with Crippen molar-refractivity contribution < 1.29 is 19.1 Å². The predicted molar refractivity (Wildman–Crippen MR) is 87.1 cm³/mol. The summed E-state index contributed by atoms with van der Waals surface area (Å²) in [5.74, 6) is 0.604. The fraction of sp³-hybridized carbons (Fsp3) is 0.500. The van der Waals surface area contributed by atoms with Crippen molar-refractivity contribution in [2.24, 2.45) is 0 Å². The Labute approximate surface area is 140 Å². The van der Waals surface area contributed by atoms with Gasteiger partial charge in [-0.2, -0.15) is 0 Å². The molecule has 1 aromatic rings. The predicted octanol–water partition coefficient (Wildman–Crippen LogP) is 1.68. The maximum atomic E-state index is 12.1. The van der Waals surface area contributed by atoms with E-state index in [4.69, 9.17) is 21.1 Å². The molecule has 0 spiro atoms. The molecule has 1 heterocycles. The van der Waals surface area contributed by atoms with Crippen LogP contribution in [0.3, 0.4) is 0 Å². The van der Waals surface area contributed by atoms with E-state index in [1.165, 1.54) is 0 Å². The number of halogens is 1. The van der Waals surface area contributed by atoms with Crippen molar-refractivity contribution in [3.63, 3.8) is 0 Å². The summed E-state index contributed by atoms with van der Waals surface area (Å²) < 4.78 is 10.9. The Bertz CT molecular complexity index is 592. The summed E-state index contributed by atoms with van der Waals surface area (Å²) in [6, 6.07) is 2.83. The van der Waals surface area contributed by atoms with Crippen LogP contribution in [0.2, 0.25) is 5.02 Å². The summed E-state index contributed by atoms with van der Waals surface area (Å²) in [5, 5.41) is 5.83. The Morgan fingerprint density at radius 1 is 1.30 bits per heavy atom. The van der Waals surface area contributed by atoms with E-state index in [0.29, 0.717) is 41.8 Å². The fourth-order valence-corrected chi connectivity index (χ4v) is 2.50. The lowest BCUT2D eigenvalue weighted by Gasteiger charge is -2.20. The van der Waals surface area contributed by atoms with Crippen molar-refractivity contribution in [1.29, 1.82) is 0 Å². The van der Waals surface area contributed by atoms with E-state index in [9.17, 15) is 9.59 Å². The fourth-order valence-electron chi connectivity index (χ4n) is 2.21. The minimum atomic E-state index is -0.582. The first kappa shape index (κ1) is 17.4. The average Bonchev–Trinajstić information content (AvgIpc) is 2.52. The molecule has 0 saturated heterocycles. The lowest BCUT2D eigenvalue weighted by molar-refractivity contribution is -0.128. The van der Waals surface area contributed by atoms with Gasteiger partial charge in [-0.25, -0.2) is 0 Å². The van der Waals surface area contributed by atoms with Crippen LogP contribution in [0.15, 0.2) is 12.1 Å². The van der Waals surface area contributed by atoms with Gasteiger partial charge in [0.05, 0.1) is 11.4 Å². The number of hydrogen-bond acceptors (Lipinski definition) is 4. The number of fused-ring (bicyclic) bond motifs is 1. The zero-order valence-electron chi connectivity index (χ0n) is 13.3. The molecule has 0 unspecified atom stereocenters. The Morgan fingerprint density at radius 3 is 2.78 bits per heavy atom. The molecule has 1 aliphatic rings. The van der Waals surface area contributed by atoms with Crippen molar-refractivity contribution in [1.82, 2.24) is 10.6 Å². The zero-order chi connectivity index (χ0) is 16.8. The minimum Gasteiger partial charge on any atom is -0.486 e. The van der Waals surface area contributed by atoms with Crippen molar-refractivity contribution >= 4 is 23.4 Å². The van der Waals surface area contributed by atoms with Crippen molar-refractivity contribution in [2.45, 2.75) is 32.7 Å². The van der Waals surface area contributed by atoms with Gasteiger partial charge in [-0.05, 0) is 31.0 Å². The van der Waals surface area contributed by atoms with Crippen LogP contribution in [0, 0.1) is 0 Å². The molecule has 6 nitrogen and oxygen atoms in total. The van der Waals surface area contributed by atoms with Crippen LogP contribution in [-0.2, 0) is 16.0 Å². The molecule has 23 heavy (non-hydrogen) atoms. The van der Waals surface area contributed by atoms with Crippen molar-refractivity contribution in [3.05, 3.63) is 22.7 Å². The van der Waals surface area contributed by atoms with E-state index in [0.717, 1.165) is 6.42 Å². The third-order valence-corrected chi connectivity index (χ3v) is 3.62. The first-order chi connectivity index (χ1) is 11.0. The summed E-state index contributed by atoms with van der Waals surface area (Å²) in [4.78, 5) is 23.8.